The van der Waals surface area contributed by atoms with Gasteiger partial charge in [-0.05, 0) is 24.7 Å². The van der Waals surface area contributed by atoms with Crippen LogP contribution in [0.1, 0.15) is 64.4 Å². The topological polar surface area (TPSA) is 40.7 Å². The number of H-pyrrole nitrogens is 1. The van der Waals surface area contributed by atoms with Gasteiger partial charge in [0.1, 0.15) is 5.82 Å². The number of nitrogens with zero attached hydrogens (tertiary/aromatic N) is 1. The molecule has 2 N–H and O–H groups in total. The number of aromatic amines is 1. The third-order valence-corrected chi connectivity index (χ3v) is 4.64. The smallest absolute Gasteiger partial charge is 0.151 e. The minimum atomic E-state index is 0.400. The molecule has 1 heterocycles. The molecule has 0 amide bonds. The van der Waals surface area contributed by atoms with Gasteiger partial charge in [0.25, 0.3) is 0 Å². The predicted octanol–water partition coefficient (Wildman–Crippen LogP) is 4.07. The lowest BCUT2D eigenvalue weighted by Gasteiger charge is -2.27. The lowest BCUT2D eigenvalue weighted by molar-refractivity contribution is 0.282. The van der Waals surface area contributed by atoms with E-state index in [0.717, 1.165) is 30.9 Å². The summed E-state index contributed by atoms with van der Waals surface area (Å²) in [5.74, 6) is 1.02. The molecule has 4 heteroatoms. The molecule has 0 spiro atoms. The molecule has 1 saturated carbocycles. The van der Waals surface area contributed by atoms with Crippen LogP contribution in [-0.4, -0.2) is 16.0 Å². The number of imidazole rings is 1. The largest absolute Gasteiger partial charge is 0.344 e. The van der Waals surface area contributed by atoms with Gasteiger partial charge in [0.15, 0.2) is 5.15 Å². The molecule has 108 valence electrons. The van der Waals surface area contributed by atoms with Gasteiger partial charge in [-0.15, -0.1) is 0 Å². The molecule has 1 fully saturated rings. The van der Waals surface area contributed by atoms with Crippen LogP contribution in [0.25, 0.3) is 0 Å². The molecular formula is C15H26ClN3. The lowest BCUT2D eigenvalue weighted by Crippen LogP contribution is -2.37. The summed E-state index contributed by atoms with van der Waals surface area (Å²) in [6.45, 7) is 7.68. The number of aromatic nitrogens is 2. The van der Waals surface area contributed by atoms with Crippen molar-refractivity contribution in [3.8, 4) is 0 Å². The van der Waals surface area contributed by atoms with Crippen molar-refractivity contribution in [2.45, 2.75) is 71.9 Å². The molecule has 0 radical (unpaired) electrons. The summed E-state index contributed by atoms with van der Waals surface area (Å²) < 4.78 is 0. The Morgan fingerprint density at radius 1 is 1.47 bits per heavy atom. The van der Waals surface area contributed by atoms with Gasteiger partial charge >= 0.3 is 0 Å². The van der Waals surface area contributed by atoms with Gasteiger partial charge in [-0.25, -0.2) is 4.98 Å². The van der Waals surface area contributed by atoms with E-state index in [1.54, 1.807) is 0 Å². The number of hydrogen-bond acceptors (Lipinski definition) is 2. The van der Waals surface area contributed by atoms with Crippen molar-refractivity contribution in [3.05, 3.63) is 16.7 Å². The fourth-order valence-electron chi connectivity index (χ4n) is 2.95. The number of hydrogen-bond donors (Lipinski definition) is 2. The van der Waals surface area contributed by atoms with Gasteiger partial charge in [0.2, 0.25) is 0 Å². The Bertz CT molecular complexity index is 412. The van der Waals surface area contributed by atoms with E-state index in [2.05, 4.69) is 36.1 Å². The summed E-state index contributed by atoms with van der Waals surface area (Å²) in [4.78, 5) is 7.76. The van der Waals surface area contributed by atoms with E-state index < -0.39 is 0 Å². The maximum Gasteiger partial charge on any atom is 0.151 e. The zero-order valence-electron chi connectivity index (χ0n) is 12.4. The SMILES string of the molecule is CCCCc1nc(Cl)c(CNC2CCCC2(C)C)[nH]1. The monoisotopic (exact) mass is 283 g/mol. The first kappa shape index (κ1) is 14.9. The standard InChI is InChI=1S/C15H26ClN3/c1-4-5-8-13-18-11(14(16)19-13)10-17-12-7-6-9-15(12,2)3/h12,17H,4-10H2,1-3H3,(H,18,19). The Morgan fingerprint density at radius 2 is 2.26 bits per heavy atom. The lowest BCUT2D eigenvalue weighted by atomic mass is 9.87. The van der Waals surface area contributed by atoms with E-state index in [-0.39, 0.29) is 0 Å². The summed E-state index contributed by atoms with van der Waals surface area (Å²) >= 11 is 6.20. The number of rotatable bonds is 6. The van der Waals surface area contributed by atoms with Crippen LogP contribution >= 0.6 is 11.6 Å². The van der Waals surface area contributed by atoms with Gasteiger partial charge in [-0.2, -0.15) is 0 Å². The molecule has 1 atom stereocenters. The first-order valence-electron chi connectivity index (χ1n) is 7.49. The fraction of sp³-hybridized carbons (Fsp3) is 0.800. The van der Waals surface area contributed by atoms with Crippen molar-refractivity contribution in [3.63, 3.8) is 0 Å². The summed E-state index contributed by atoms with van der Waals surface area (Å²) in [6, 6.07) is 0.589. The summed E-state index contributed by atoms with van der Waals surface area (Å²) in [5.41, 5.74) is 1.44. The van der Waals surface area contributed by atoms with Crippen LogP contribution in [0.5, 0.6) is 0 Å². The van der Waals surface area contributed by atoms with Crippen LogP contribution in [0, 0.1) is 5.41 Å². The zero-order valence-corrected chi connectivity index (χ0v) is 13.1. The first-order valence-corrected chi connectivity index (χ1v) is 7.87. The number of nitrogens with one attached hydrogen (secondary N) is 2. The van der Waals surface area contributed by atoms with Crippen LogP contribution in [-0.2, 0) is 13.0 Å². The fourth-order valence-corrected chi connectivity index (χ4v) is 3.17. The predicted molar refractivity (Wildman–Crippen MR) is 80.5 cm³/mol. The average Bonchev–Trinajstić information content (AvgIpc) is 2.87. The van der Waals surface area contributed by atoms with E-state index in [4.69, 9.17) is 11.6 Å². The Kier molecular flexibility index (Phi) is 4.91. The molecule has 3 nitrogen and oxygen atoms in total. The maximum atomic E-state index is 6.20. The van der Waals surface area contributed by atoms with E-state index in [0.29, 0.717) is 16.6 Å². The molecule has 0 aromatic carbocycles. The molecule has 0 saturated heterocycles. The average molecular weight is 284 g/mol. The van der Waals surface area contributed by atoms with Gasteiger partial charge in [0.05, 0.1) is 5.69 Å². The van der Waals surface area contributed by atoms with Crippen molar-refractivity contribution < 1.29 is 0 Å². The van der Waals surface area contributed by atoms with E-state index in [1.165, 1.54) is 25.7 Å². The number of halogens is 1. The molecule has 0 aliphatic heterocycles. The van der Waals surface area contributed by atoms with Crippen LogP contribution in [0.3, 0.4) is 0 Å². The van der Waals surface area contributed by atoms with E-state index in [9.17, 15) is 0 Å². The van der Waals surface area contributed by atoms with Gasteiger partial charge in [-0.1, -0.05) is 45.2 Å². The number of unbranched alkanes of at least 4 members (excludes halogenated alkanes) is 1. The van der Waals surface area contributed by atoms with Crippen LogP contribution < -0.4 is 5.32 Å². The number of aryl methyl sites for hydroxylation is 1. The van der Waals surface area contributed by atoms with Gasteiger partial charge in [0, 0.05) is 19.0 Å². The summed E-state index contributed by atoms with van der Waals surface area (Å²) in [5, 5.41) is 4.28. The third-order valence-electron chi connectivity index (χ3n) is 4.33. The first-order chi connectivity index (χ1) is 9.03. The van der Waals surface area contributed by atoms with Crippen molar-refractivity contribution in [2.24, 2.45) is 5.41 Å². The van der Waals surface area contributed by atoms with Crippen molar-refractivity contribution in [2.75, 3.05) is 0 Å². The highest BCUT2D eigenvalue weighted by atomic mass is 35.5. The van der Waals surface area contributed by atoms with Crippen LogP contribution in [0.4, 0.5) is 0 Å². The Hall–Kier alpha value is -0.540. The summed E-state index contributed by atoms with van der Waals surface area (Å²) in [7, 11) is 0. The minimum absolute atomic E-state index is 0.400. The highest BCUT2D eigenvalue weighted by Gasteiger charge is 2.33. The molecule has 2 rings (SSSR count). The highest BCUT2D eigenvalue weighted by molar-refractivity contribution is 6.30. The van der Waals surface area contributed by atoms with E-state index in [1.807, 2.05) is 0 Å². The third kappa shape index (κ3) is 3.73. The van der Waals surface area contributed by atoms with Crippen molar-refractivity contribution in [1.29, 1.82) is 0 Å². The highest BCUT2D eigenvalue weighted by Crippen LogP contribution is 2.37. The molecule has 0 bridgehead atoms. The minimum Gasteiger partial charge on any atom is -0.344 e. The Balaban J connectivity index is 1.90. The van der Waals surface area contributed by atoms with Crippen molar-refractivity contribution in [1.82, 2.24) is 15.3 Å². The van der Waals surface area contributed by atoms with Crippen molar-refractivity contribution >= 4 is 11.6 Å². The molecule has 1 aliphatic carbocycles. The van der Waals surface area contributed by atoms with E-state index >= 15 is 0 Å². The molecule has 19 heavy (non-hydrogen) atoms. The molecule has 1 aromatic heterocycles. The van der Waals surface area contributed by atoms with Gasteiger partial charge in [-0.3, -0.25) is 0 Å². The molecular weight excluding hydrogens is 258 g/mol. The molecule has 1 unspecified atom stereocenters. The second kappa shape index (κ2) is 6.27. The van der Waals surface area contributed by atoms with Gasteiger partial charge < -0.3 is 10.3 Å². The second-order valence-electron chi connectivity index (χ2n) is 6.37. The Labute approximate surface area is 121 Å². The normalized spacial score (nSPS) is 22.0. The van der Waals surface area contributed by atoms with Crippen LogP contribution in [0.15, 0.2) is 0 Å². The Morgan fingerprint density at radius 3 is 2.89 bits per heavy atom. The quantitative estimate of drug-likeness (QED) is 0.826. The summed E-state index contributed by atoms with van der Waals surface area (Å²) in [6.07, 6.45) is 7.23. The van der Waals surface area contributed by atoms with Crippen LogP contribution in [0.2, 0.25) is 5.15 Å². The molecule has 1 aliphatic rings. The molecule has 1 aromatic rings. The second-order valence-corrected chi connectivity index (χ2v) is 6.73. The zero-order chi connectivity index (χ0) is 13.9. The maximum absolute atomic E-state index is 6.20.